The average molecular weight is 700 g/mol. The first kappa shape index (κ1) is 45.2. The zero-order chi connectivity index (χ0) is 37.2. The summed E-state index contributed by atoms with van der Waals surface area (Å²) >= 11 is 1.52. The van der Waals surface area contributed by atoms with Crippen molar-refractivity contribution in [1.82, 2.24) is 26.6 Å². The molecule has 0 radical (unpaired) electrons. The Morgan fingerprint density at radius 2 is 1.31 bits per heavy atom. The van der Waals surface area contributed by atoms with Gasteiger partial charge in [0, 0.05) is 12.5 Å². The number of rotatable bonds is 22. The average Bonchev–Trinajstić information content (AvgIpc) is 2.95. The number of amides is 5. The third-order valence-corrected chi connectivity index (χ3v) is 7.88. The molecule has 278 valence electrons. The topological polar surface area (TPSA) is 175 Å². The number of nitrogens with one attached hydrogen (secondary N) is 5. The van der Waals surface area contributed by atoms with Gasteiger partial charge in [0.25, 0.3) is 0 Å². The van der Waals surface area contributed by atoms with Gasteiger partial charge in [-0.1, -0.05) is 54.5 Å². The molecule has 0 rings (SSSR count). The first-order valence-electron chi connectivity index (χ1n) is 17.2. The molecule has 0 heterocycles. The van der Waals surface area contributed by atoms with Crippen molar-refractivity contribution in [2.75, 3.05) is 18.6 Å². The quantitative estimate of drug-likeness (QED) is 0.0923. The number of carbonyl (C=O) groups is 5. The van der Waals surface area contributed by atoms with Gasteiger partial charge in [-0.05, 0) is 82.6 Å². The summed E-state index contributed by atoms with van der Waals surface area (Å²) in [6.45, 7) is 22.8. The van der Waals surface area contributed by atoms with Gasteiger partial charge in [-0.3, -0.25) is 19.2 Å². The molecule has 6 N–H and O–H groups in total. The highest BCUT2D eigenvalue weighted by Crippen LogP contribution is 2.17. The van der Waals surface area contributed by atoms with E-state index < -0.39 is 65.6 Å². The van der Waals surface area contributed by atoms with E-state index in [1.807, 2.05) is 47.8 Å². The molecular weight excluding hydrogens is 634 g/mol. The first-order valence-corrected chi connectivity index (χ1v) is 18.6. The number of alkyl carbamates (subject to hydrolysis) is 1. The fraction of sp³-hybridized carbons (Fsp3) is 0.800. The Kier molecular flexibility index (Phi) is 21.4. The van der Waals surface area contributed by atoms with Crippen LogP contribution >= 0.6 is 11.8 Å². The summed E-state index contributed by atoms with van der Waals surface area (Å²) in [4.78, 5) is 65.4. The van der Waals surface area contributed by atoms with E-state index in [-0.39, 0.29) is 36.5 Å². The van der Waals surface area contributed by atoms with Crippen molar-refractivity contribution in [2.45, 2.75) is 137 Å². The lowest BCUT2D eigenvalue weighted by Crippen LogP contribution is -2.57. The predicted octanol–water partition coefficient (Wildman–Crippen LogP) is 3.91. The Hall–Kier alpha value is -2.80. The highest BCUT2D eigenvalue weighted by molar-refractivity contribution is 7.98. The third-order valence-electron chi connectivity index (χ3n) is 7.24. The van der Waals surface area contributed by atoms with E-state index in [4.69, 9.17) is 4.74 Å². The SMILES string of the molecule is C=CC[C@H](NC(=O)[C@H](C)C[C@H](O)[C@H](CC(C)C)NC(=O)[C@H](CCSC)NC(=O)[C@H](CC(C)C)NC(=O)OC(C)(C)C)C(=O)NCC(C)C. The summed E-state index contributed by atoms with van der Waals surface area (Å²) in [5, 5.41) is 25.3. The molecule has 0 bridgehead atoms. The minimum absolute atomic E-state index is 0.0377. The molecule has 0 saturated carbocycles. The molecule has 0 aromatic carbocycles. The summed E-state index contributed by atoms with van der Waals surface area (Å²) in [6.07, 6.45) is 3.05. The van der Waals surface area contributed by atoms with Gasteiger partial charge in [-0.25, -0.2) is 4.79 Å². The van der Waals surface area contributed by atoms with E-state index in [0.29, 0.717) is 31.6 Å². The minimum atomic E-state index is -1.08. The number of hydrogen-bond acceptors (Lipinski definition) is 8. The second kappa shape index (κ2) is 22.8. The van der Waals surface area contributed by atoms with Crippen LogP contribution in [0.3, 0.4) is 0 Å². The molecule has 5 amide bonds. The molecule has 0 aromatic rings. The summed E-state index contributed by atoms with van der Waals surface area (Å²) in [5.41, 5.74) is -0.746. The lowest BCUT2D eigenvalue weighted by atomic mass is 9.92. The number of hydrogen-bond donors (Lipinski definition) is 6. The van der Waals surface area contributed by atoms with Crippen molar-refractivity contribution >= 4 is 41.5 Å². The molecule has 13 heteroatoms. The molecule has 48 heavy (non-hydrogen) atoms. The maximum Gasteiger partial charge on any atom is 0.408 e. The van der Waals surface area contributed by atoms with Gasteiger partial charge < -0.3 is 36.4 Å². The largest absolute Gasteiger partial charge is 0.444 e. The lowest BCUT2D eigenvalue weighted by Gasteiger charge is -2.30. The summed E-state index contributed by atoms with van der Waals surface area (Å²) < 4.78 is 5.35. The Morgan fingerprint density at radius 3 is 1.81 bits per heavy atom. The van der Waals surface area contributed by atoms with Crippen LogP contribution in [-0.4, -0.2) is 89.3 Å². The van der Waals surface area contributed by atoms with Crippen molar-refractivity contribution in [3.8, 4) is 0 Å². The molecule has 0 fully saturated rings. The van der Waals surface area contributed by atoms with Gasteiger partial charge in [0.1, 0.15) is 23.7 Å². The summed E-state index contributed by atoms with van der Waals surface area (Å²) in [6, 6.07) is -3.33. The van der Waals surface area contributed by atoms with Crippen molar-refractivity contribution in [3.05, 3.63) is 12.7 Å². The molecular formula is C35H65N5O7S. The van der Waals surface area contributed by atoms with Crippen LogP contribution in [0.15, 0.2) is 12.7 Å². The molecule has 6 atom stereocenters. The normalized spacial score (nSPS) is 15.5. The lowest BCUT2D eigenvalue weighted by molar-refractivity contribution is -0.132. The number of thioether (sulfide) groups is 1. The van der Waals surface area contributed by atoms with E-state index in [0.717, 1.165) is 0 Å². The number of aliphatic hydroxyl groups excluding tert-OH is 1. The van der Waals surface area contributed by atoms with Crippen molar-refractivity contribution in [3.63, 3.8) is 0 Å². The predicted molar refractivity (Wildman–Crippen MR) is 193 cm³/mol. The summed E-state index contributed by atoms with van der Waals surface area (Å²) in [5.74, 6) is -1.33. The maximum absolute atomic E-state index is 13.7. The van der Waals surface area contributed by atoms with E-state index in [1.165, 1.54) is 11.8 Å². The van der Waals surface area contributed by atoms with Crippen molar-refractivity contribution < 1.29 is 33.8 Å². The van der Waals surface area contributed by atoms with Gasteiger partial charge in [0.2, 0.25) is 23.6 Å². The summed E-state index contributed by atoms with van der Waals surface area (Å²) in [7, 11) is 0. The van der Waals surface area contributed by atoms with Crippen LogP contribution in [0.1, 0.15) is 101 Å². The molecule has 0 aliphatic carbocycles. The third kappa shape index (κ3) is 19.9. The van der Waals surface area contributed by atoms with Gasteiger partial charge >= 0.3 is 6.09 Å². The van der Waals surface area contributed by atoms with E-state index in [9.17, 15) is 29.1 Å². The van der Waals surface area contributed by atoms with Crippen LogP contribution in [-0.2, 0) is 23.9 Å². The highest BCUT2D eigenvalue weighted by Gasteiger charge is 2.32. The van der Waals surface area contributed by atoms with Crippen LogP contribution in [0.2, 0.25) is 0 Å². The zero-order valence-electron chi connectivity index (χ0n) is 31.2. The highest BCUT2D eigenvalue weighted by atomic mass is 32.2. The van der Waals surface area contributed by atoms with E-state index >= 15 is 0 Å². The second-order valence-electron chi connectivity index (χ2n) is 14.8. The van der Waals surface area contributed by atoms with Crippen LogP contribution < -0.4 is 26.6 Å². The van der Waals surface area contributed by atoms with E-state index in [1.54, 1.807) is 33.8 Å². The van der Waals surface area contributed by atoms with Crippen LogP contribution in [0.5, 0.6) is 0 Å². The molecule has 0 aromatic heterocycles. The smallest absolute Gasteiger partial charge is 0.408 e. The fourth-order valence-corrected chi connectivity index (χ4v) is 5.28. The van der Waals surface area contributed by atoms with Gasteiger partial charge in [-0.2, -0.15) is 11.8 Å². The Labute approximate surface area is 293 Å². The van der Waals surface area contributed by atoms with Crippen LogP contribution in [0.4, 0.5) is 4.79 Å². The molecule has 0 aliphatic heterocycles. The second-order valence-corrected chi connectivity index (χ2v) is 15.8. The first-order chi connectivity index (χ1) is 22.2. The Bertz CT molecular complexity index is 1030. The zero-order valence-corrected chi connectivity index (χ0v) is 32.1. The molecule has 0 spiro atoms. The molecule has 0 unspecified atom stereocenters. The number of ether oxygens (including phenoxy) is 1. The van der Waals surface area contributed by atoms with Gasteiger partial charge in [0.05, 0.1) is 12.1 Å². The number of carbonyl (C=O) groups excluding carboxylic acids is 5. The van der Waals surface area contributed by atoms with Crippen LogP contribution in [0, 0.1) is 23.7 Å². The van der Waals surface area contributed by atoms with Gasteiger partial charge in [0.15, 0.2) is 0 Å². The van der Waals surface area contributed by atoms with E-state index in [2.05, 4.69) is 33.2 Å². The Balaban J connectivity index is 5.79. The van der Waals surface area contributed by atoms with Gasteiger partial charge in [-0.15, -0.1) is 6.58 Å². The standard InChI is InChI=1S/C35H65N5O7S/c1-13-14-25(31(43)36-20-23(6)7)37-30(42)24(8)19-29(41)27(17-21(2)3)39-32(44)26(15-16-48-12)38-33(45)28(18-22(4)5)40-34(46)47-35(9,10)11/h13,21-29,41H,1,14-20H2,2-12H3,(H,36,43)(H,37,42)(H,38,45)(H,39,44)(H,40,46)/t24-,25+,26+,27+,28+,29+/m1/s1. The van der Waals surface area contributed by atoms with Crippen molar-refractivity contribution in [1.29, 1.82) is 0 Å². The molecule has 0 aliphatic rings. The molecule has 0 saturated heterocycles. The maximum atomic E-state index is 13.7. The van der Waals surface area contributed by atoms with Crippen molar-refractivity contribution in [2.24, 2.45) is 23.7 Å². The minimum Gasteiger partial charge on any atom is -0.444 e. The van der Waals surface area contributed by atoms with Crippen LogP contribution in [0.25, 0.3) is 0 Å². The Morgan fingerprint density at radius 1 is 0.750 bits per heavy atom. The monoisotopic (exact) mass is 699 g/mol. The number of aliphatic hydroxyl groups is 1. The molecule has 12 nitrogen and oxygen atoms in total. The fourth-order valence-electron chi connectivity index (χ4n) is 4.81.